The van der Waals surface area contributed by atoms with Gasteiger partial charge in [-0.05, 0) is 24.3 Å². The summed E-state index contributed by atoms with van der Waals surface area (Å²) < 4.78 is 0. The summed E-state index contributed by atoms with van der Waals surface area (Å²) >= 11 is 11.5. The molecule has 2 N–H and O–H groups in total. The molecule has 0 aliphatic rings. The van der Waals surface area contributed by atoms with E-state index < -0.39 is 10.8 Å². The normalized spacial score (nSPS) is 10.2. The zero-order valence-electron chi connectivity index (χ0n) is 10.3. The molecule has 0 spiro atoms. The third kappa shape index (κ3) is 3.24. The van der Waals surface area contributed by atoms with Crippen LogP contribution in [-0.2, 0) is 0 Å². The molecule has 0 aromatic heterocycles. The Morgan fingerprint density at radius 3 is 2.52 bits per heavy atom. The molecule has 1 amide bonds. The molecule has 2 rings (SSSR count). The first-order valence-corrected chi connectivity index (χ1v) is 6.38. The molecule has 108 valence electrons. The summed E-state index contributed by atoms with van der Waals surface area (Å²) in [4.78, 5) is 22.0. The fourth-order valence-corrected chi connectivity index (χ4v) is 2.05. The van der Waals surface area contributed by atoms with Gasteiger partial charge in [0.2, 0.25) is 0 Å². The number of carbonyl (C=O) groups excluding carboxylic acids is 1. The van der Waals surface area contributed by atoms with Gasteiger partial charge in [0.05, 0.1) is 15.5 Å². The lowest BCUT2D eigenvalue weighted by Crippen LogP contribution is -2.12. The molecule has 0 atom stereocenters. The summed E-state index contributed by atoms with van der Waals surface area (Å²) in [6.45, 7) is 0. The van der Waals surface area contributed by atoms with Crippen LogP contribution < -0.4 is 5.32 Å². The quantitative estimate of drug-likeness (QED) is 0.661. The Morgan fingerprint density at radius 1 is 1.19 bits per heavy atom. The number of carbonyl (C=O) groups is 1. The largest absolute Gasteiger partial charge is 0.506 e. The van der Waals surface area contributed by atoms with Crippen molar-refractivity contribution < 1.29 is 14.8 Å². The van der Waals surface area contributed by atoms with E-state index >= 15 is 0 Å². The first-order valence-electron chi connectivity index (χ1n) is 5.63. The van der Waals surface area contributed by atoms with Gasteiger partial charge in [0.25, 0.3) is 11.6 Å². The second-order valence-electron chi connectivity index (χ2n) is 4.01. The number of halogens is 2. The molecular weight excluding hydrogens is 319 g/mol. The van der Waals surface area contributed by atoms with E-state index in [1.165, 1.54) is 36.4 Å². The predicted octanol–water partition coefficient (Wildman–Crippen LogP) is 3.86. The topological polar surface area (TPSA) is 92.5 Å². The average molecular weight is 327 g/mol. The lowest BCUT2D eigenvalue weighted by atomic mass is 10.2. The smallest absolute Gasteiger partial charge is 0.288 e. The number of para-hydroxylation sites is 1. The first-order chi connectivity index (χ1) is 9.90. The van der Waals surface area contributed by atoms with Crippen molar-refractivity contribution in [1.82, 2.24) is 0 Å². The van der Waals surface area contributed by atoms with Crippen molar-refractivity contribution in [3.05, 3.63) is 62.1 Å². The van der Waals surface area contributed by atoms with E-state index in [-0.39, 0.29) is 32.7 Å². The summed E-state index contributed by atoms with van der Waals surface area (Å²) in [5.41, 5.74) is -0.0211. The molecule has 0 radical (unpaired) electrons. The molecule has 0 saturated heterocycles. The standard InChI is InChI=1S/C13H8Cl2N2O4/c14-9-3-1-2-8(12(9)18)13(19)16-7-4-5-11(17(20)21)10(15)6-7/h1-6,18H,(H,16,19). The lowest BCUT2D eigenvalue weighted by molar-refractivity contribution is -0.384. The van der Waals surface area contributed by atoms with Crippen molar-refractivity contribution in [2.45, 2.75) is 0 Å². The molecule has 8 heteroatoms. The number of hydrogen-bond donors (Lipinski definition) is 2. The monoisotopic (exact) mass is 326 g/mol. The van der Waals surface area contributed by atoms with Crippen LogP contribution in [0.15, 0.2) is 36.4 Å². The number of nitrogens with one attached hydrogen (secondary N) is 1. The summed E-state index contributed by atoms with van der Waals surface area (Å²) in [5.74, 6) is -0.954. The van der Waals surface area contributed by atoms with Crippen LogP contribution in [0.2, 0.25) is 10.0 Å². The molecule has 0 heterocycles. The minimum atomic E-state index is -0.628. The van der Waals surface area contributed by atoms with Crippen molar-refractivity contribution in [1.29, 1.82) is 0 Å². The number of aromatic hydroxyl groups is 1. The van der Waals surface area contributed by atoms with Crippen LogP contribution in [0.5, 0.6) is 5.75 Å². The van der Waals surface area contributed by atoms with E-state index in [0.29, 0.717) is 0 Å². The van der Waals surface area contributed by atoms with Crippen molar-refractivity contribution in [3.8, 4) is 5.75 Å². The minimum Gasteiger partial charge on any atom is -0.506 e. The molecule has 2 aromatic rings. The van der Waals surface area contributed by atoms with E-state index in [4.69, 9.17) is 23.2 Å². The highest BCUT2D eigenvalue weighted by Gasteiger charge is 2.16. The highest BCUT2D eigenvalue weighted by Crippen LogP contribution is 2.30. The Labute approximate surface area is 129 Å². The maximum absolute atomic E-state index is 12.0. The van der Waals surface area contributed by atoms with E-state index in [9.17, 15) is 20.0 Å². The van der Waals surface area contributed by atoms with Gasteiger partial charge in [-0.25, -0.2) is 0 Å². The van der Waals surface area contributed by atoms with Crippen LogP contribution in [-0.4, -0.2) is 15.9 Å². The number of anilines is 1. The molecule has 0 aliphatic carbocycles. The summed E-state index contributed by atoms with van der Waals surface area (Å²) in [6, 6.07) is 8.11. The van der Waals surface area contributed by atoms with Crippen LogP contribution >= 0.6 is 23.2 Å². The Morgan fingerprint density at radius 2 is 1.90 bits per heavy atom. The minimum absolute atomic E-state index is 0.0167. The van der Waals surface area contributed by atoms with Gasteiger partial charge in [0, 0.05) is 11.8 Å². The van der Waals surface area contributed by atoms with Crippen molar-refractivity contribution in [2.24, 2.45) is 0 Å². The van der Waals surface area contributed by atoms with Crippen LogP contribution in [0.3, 0.4) is 0 Å². The van der Waals surface area contributed by atoms with Crippen molar-refractivity contribution in [2.75, 3.05) is 5.32 Å². The van der Waals surface area contributed by atoms with Crippen molar-refractivity contribution in [3.63, 3.8) is 0 Å². The van der Waals surface area contributed by atoms with E-state index in [2.05, 4.69) is 5.32 Å². The summed E-state index contributed by atoms with van der Waals surface area (Å²) in [6.07, 6.45) is 0. The number of phenolic OH excluding ortho intramolecular Hbond substituents is 1. The maximum atomic E-state index is 12.0. The van der Waals surface area contributed by atoms with Crippen LogP contribution in [0.1, 0.15) is 10.4 Å². The molecule has 0 bridgehead atoms. The SMILES string of the molecule is O=C(Nc1ccc([N+](=O)[O-])c(Cl)c1)c1cccc(Cl)c1O. The molecule has 0 saturated carbocycles. The fourth-order valence-electron chi connectivity index (χ4n) is 1.63. The second-order valence-corrected chi connectivity index (χ2v) is 4.83. The molecule has 0 fully saturated rings. The zero-order valence-corrected chi connectivity index (χ0v) is 11.9. The van der Waals surface area contributed by atoms with Crippen molar-refractivity contribution >= 4 is 40.5 Å². The maximum Gasteiger partial charge on any atom is 0.288 e. The number of hydrogen-bond acceptors (Lipinski definition) is 4. The second kappa shape index (κ2) is 5.99. The number of nitrogens with zero attached hydrogens (tertiary/aromatic N) is 1. The molecule has 6 nitrogen and oxygen atoms in total. The Hall–Kier alpha value is -2.31. The third-order valence-electron chi connectivity index (χ3n) is 2.63. The average Bonchev–Trinajstić information content (AvgIpc) is 2.41. The Bertz CT molecular complexity index is 734. The highest BCUT2D eigenvalue weighted by atomic mass is 35.5. The van der Waals surface area contributed by atoms with Gasteiger partial charge in [-0.1, -0.05) is 29.3 Å². The number of benzene rings is 2. The number of nitro benzene ring substituents is 1. The van der Waals surface area contributed by atoms with E-state index in [1.807, 2.05) is 0 Å². The number of amides is 1. The first kappa shape index (κ1) is 15.1. The summed E-state index contributed by atoms with van der Waals surface area (Å²) in [5, 5.41) is 22.8. The molecule has 21 heavy (non-hydrogen) atoms. The summed E-state index contributed by atoms with van der Waals surface area (Å²) in [7, 11) is 0. The predicted molar refractivity (Wildman–Crippen MR) is 79.2 cm³/mol. The molecular formula is C13H8Cl2N2O4. The molecule has 2 aromatic carbocycles. The van der Waals surface area contributed by atoms with Gasteiger partial charge in [-0.3, -0.25) is 14.9 Å². The van der Waals surface area contributed by atoms with Gasteiger partial charge >= 0.3 is 0 Å². The van der Waals surface area contributed by atoms with Gasteiger partial charge < -0.3 is 10.4 Å². The van der Waals surface area contributed by atoms with Crippen LogP contribution in [0.25, 0.3) is 0 Å². The number of phenols is 1. The van der Waals surface area contributed by atoms with E-state index in [0.717, 1.165) is 0 Å². The number of rotatable bonds is 3. The molecule has 0 aliphatic heterocycles. The highest BCUT2D eigenvalue weighted by molar-refractivity contribution is 6.33. The Balaban J connectivity index is 2.26. The number of nitro groups is 1. The van der Waals surface area contributed by atoms with Crippen LogP contribution in [0.4, 0.5) is 11.4 Å². The van der Waals surface area contributed by atoms with Gasteiger partial charge in [-0.2, -0.15) is 0 Å². The zero-order chi connectivity index (χ0) is 15.6. The van der Waals surface area contributed by atoms with Crippen LogP contribution in [0, 0.1) is 10.1 Å². The fraction of sp³-hybridized carbons (Fsp3) is 0. The lowest BCUT2D eigenvalue weighted by Gasteiger charge is -2.08. The van der Waals surface area contributed by atoms with Gasteiger partial charge in [0.15, 0.2) is 0 Å². The Kier molecular flexibility index (Phi) is 4.30. The van der Waals surface area contributed by atoms with Gasteiger partial charge in [0.1, 0.15) is 10.8 Å². The molecule has 0 unspecified atom stereocenters. The third-order valence-corrected chi connectivity index (χ3v) is 3.24. The van der Waals surface area contributed by atoms with E-state index in [1.54, 1.807) is 0 Å². The van der Waals surface area contributed by atoms with Gasteiger partial charge in [-0.15, -0.1) is 0 Å².